The molecule has 0 heterocycles. The molecule has 1 aliphatic rings. The van der Waals surface area contributed by atoms with Crippen LogP contribution in [0, 0.1) is 11.3 Å². The Morgan fingerprint density at radius 1 is 1.04 bits per heavy atom. The maximum atomic E-state index is 12.6. The minimum absolute atomic E-state index is 0.173. The van der Waals surface area contributed by atoms with E-state index in [1.807, 2.05) is 12.2 Å². The van der Waals surface area contributed by atoms with Crippen LogP contribution in [0.15, 0.2) is 23.8 Å². The second-order valence-electron chi connectivity index (χ2n) is 7.44. The molecule has 0 N–H and O–H groups in total. The number of hydrogen-bond acceptors (Lipinski definition) is 4. The summed E-state index contributed by atoms with van der Waals surface area (Å²) in [6.45, 7) is 9.14. The zero-order valence-electron chi connectivity index (χ0n) is 16.3. The van der Waals surface area contributed by atoms with Crippen LogP contribution in [-0.2, 0) is 19.1 Å². The Kier molecular flexibility index (Phi) is 9.54. The van der Waals surface area contributed by atoms with Crippen LogP contribution in [0.4, 0.5) is 0 Å². The fraction of sp³-hybridized carbons (Fsp3) is 0.714. The fourth-order valence-electron chi connectivity index (χ4n) is 2.88. The third-order valence-corrected chi connectivity index (χ3v) is 4.42. The van der Waals surface area contributed by atoms with E-state index in [0.717, 1.165) is 38.5 Å². The molecular formula is C21H34O4. The Balaban J connectivity index is 2.75. The van der Waals surface area contributed by atoms with Crippen LogP contribution in [0.25, 0.3) is 0 Å². The smallest absolute Gasteiger partial charge is 0.334 e. The lowest BCUT2D eigenvalue weighted by atomic mass is 9.81. The van der Waals surface area contributed by atoms with Gasteiger partial charge in [0.2, 0.25) is 0 Å². The monoisotopic (exact) mass is 350 g/mol. The Labute approximate surface area is 152 Å². The van der Waals surface area contributed by atoms with Crippen molar-refractivity contribution in [3.63, 3.8) is 0 Å². The van der Waals surface area contributed by atoms with Gasteiger partial charge in [-0.2, -0.15) is 0 Å². The van der Waals surface area contributed by atoms with Gasteiger partial charge >= 0.3 is 11.9 Å². The van der Waals surface area contributed by atoms with Crippen LogP contribution < -0.4 is 0 Å². The molecule has 0 saturated heterocycles. The van der Waals surface area contributed by atoms with Gasteiger partial charge in [-0.15, -0.1) is 0 Å². The number of carbonyl (C=O) groups is 2. The molecule has 1 rings (SSSR count). The highest BCUT2D eigenvalue weighted by Crippen LogP contribution is 2.34. The van der Waals surface area contributed by atoms with E-state index >= 15 is 0 Å². The number of hydrogen-bond donors (Lipinski definition) is 0. The summed E-state index contributed by atoms with van der Waals surface area (Å²) in [5.41, 5.74) is 0.243. The average molecular weight is 350 g/mol. The summed E-state index contributed by atoms with van der Waals surface area (Å²) >= 11 is 0. The van der Waals surface area contributed by atoms with Crippen molar-refractivity contribution in [2.45, 2.75) is 72.6 Å². The summed E-state index contributed by atoms with van der Waals surface area (Å²) in [5, 5.41) is 0. The standard InChI is InChI=1S/C21H34O4/c1-5-7-9-14-24-19(22)17-12-11-13-21(3,4)16-18(17)20(23)25-15-10-8-6-2/h11-13,18H,5-10,14-16H2,1-4H3. The second-order valence-corrected chi connectivity index (χ2v) is 7.44. The largest absolute Gasteiger partial charge is 0.465 e. The number of unbranched alkanes of at least 4 members (excludes halogenated alkanes) is 4. The van der Waals surface area contributed by atoms with Gasteiger partial charge < -0.3 is 9.47 Å². The molecule has 0 fully saturated rings. The predicted octanol–water partition coefficient (Wildman–Crippen LogP) is 4.98. The molecule has 0 aliphatic heterocycles. The van der Waals surface area contributed by atoms with Crippen molar-refractivity contribution in [3.05, 3.63) is 23.8 Å². The summed E-state index contributed by atoms with van der Waals surface area (Å²) in [7, 11) is 0. The maximum Gasteiger partial charge on any atom is 0.334 e. The maximum absolute atomic E-state index is 12.6. The van der Waals surface area contributed by atoms with E-state index in [-0.39, 0.29) is 11.4 Å². The van der Waals surface area contributed by atoms with Gasteiger partial charge in [-0.05, 0) is 24.7 Å². The highest BCUT2D eigenvalue weighted by molar-refractivity contribution is 5.96. The number of carbonyl (C=O) groups excluding carboxylic acids is 2. The van der Waals surface area contributed by atoms with Gasteiger partial charge in [-0.3, -0.25) is 4.79 Å². The van der Waals surface area contributed by atoms with Crippen LogP contribution in [0.2, 0.25) is 0 Å². The molecule has 0 radical (unpaired) electrons. The van der Waals surface area contributed by atoms with Gasteiger partial charge in [0.05, 0.1) is 24.7 Å². The zero-order valence-corrected chi connectivity index (χ0v) is 16.3. The number of ether oxygens (including phenoxy) is 2. The van der Waals surface area contributed by atoms with Crippen LogP contribution in [0.1, 0.15) is 72.6 Å². The molecular weight excluding hydrogens is 316 g/mol. The van der Waals surface area contributed by atoms with Crippen molar-refractivity contribution in [2.75, 3.05) is 13.2 Å². The van der Waals surface area contributed by atoms with Crippen LogP contribution in [0.3, 0.4) is 0 Å². The number of rotatable bonds is 10. The topological polar surface area (TPSA) is 52.6 Å². The molecule has 0 aromatic heterocycles. The lowest BCUT2D eigenvalue weighted by Gasteiger charge is -2.25. The zero-order chi connectivity index (χ0) is 18.7. The van der Waals surface area contributed by atoms with E-state index in [4.69, 9.17) is 9.47 Å². The molecule has 1 aliphatic carbocycles. The van der Waals surface area contributed by atoms with Crippen LogP contribution >= 0.6 is 0 Å². The molecule has 1 unspecified atom stereocenters. The first kappa shape index (κ1) is 21.5. The van der Waals surface area contributed by atoms with Gasteiger partial charge in [0.15, 0.2) is 0 Å². The molecule has 0 aromatic rings. The lowest BCUT2D eigenvalue weighted by Crippen LogP contribution is -2.29. The molecule has 25 heavy (non-hydrogen) atoms. The molecule has 1 atom stereocenters. The summed E-state index contributed by atoms with van der Waals surface area (Å²) in [6.07, 6.45) is 12.1. The van der Waals surface area contributed by atoms with E-state index in [2.05, 4.69) is 27.7 Å². The van der Waals surface area contributed by atoms with Gasteiger partial charge in [0, 0.05) is 0 Å². The summed E-state index contributed by atoms with van der Waals surface area (Å²) in [4.78, 5) is 25.1. The Hall–Kier alpha value is -1.58. The Bertz CT molecular complexity index is 488. The van der Waals surface area contributed by atoms with Gasteiger partial charge in [0.1, 0.15) is 0 Å². The first-order valence-electron chi connectivity index (χ1n) is 9.64. The normalized spacial score (nSPS) is 19.0. The number of esters is 2. The second kappa shape index (κ2) is 11.1. The first-order valence-corrected chi connectivity index (χ1v) is 9.64. The molecule has 0 bridgehead atoms. The van der Waals surface area contributed by atoms with E-state index in [1.54, 1.807) is 6.08 Å². The summed E-state index contributed by atoms with van der Waals surface area (Å²) in [6, 6.07) is 0. The Morgan fingerprint density at radius 2 is 1.64 bits per heavy atom. The van der Waals surface area contributed by atoms with Gasteiger partial charge in [-0.1, -0.05) is 71.6 Å². The van der Waals surface area contributed by atoms with E-state index in [0.29, 0.717) is 25.2 Å². The van der Waals surface area contributed by atoms with Crippen molar-refractivity contribution in [1.82, 2.24) is 0 Å². The third-order valence-electron chi connectivity index (χ3n) is 4.42. The van der Waals surface area contributed by atoms with Gasteiger partial charge in [0.25, 0.3) is 0 Å². The van der Waals surface area contributed by atoms with E-state index in [9.17, 15) is 9.59 Å². The van der Waals surface area contributed by atoms with Gasteiger partial charge in [-0.25, -0.2) is 4.79 Å². The van der Waals surface area contributed by atoms with Crippen LogP contribution in [0.5, 0.6) is 0 Å². The molecule has 0 aromatic carbocycles. The average Bonchev–Trinajstić information content (AvgIpc) is 2.73. The molecule has 142 valence electrons. The highest BCUT2D eigenvalue weighted by atomic mass is 16.5. The van der Waals surface area contributed by atoms with E-state index < -0.39 is 11.9 Å². The van der Waals surface area contributed by atoms with Crippen molar-refractivity contribution >= 4 is 11.9 Å². The van der Waals surface area contributed by atoms with Crippen molar-refractivity contribution in [1.29, 1.82) is 0 Å². The summed E-state index contributed by atoms with van der Waals surface area (Å²) < 4.78 is 10.8. The minimum atomic E-state index is -0.565. The SMILES string of the molecule is CCCCCOC(=O)C1=CC=CC(C)(C)CC1C(=O)OCCCCC. The molecule has 4 heteroatoms. The predicted molar refractivity (Wildman–Crippen MR) is 100 cm³/mol. The molecule has 4 nitrogen and oxygen atoms in total. The summed E-state index contributed by atoms with van der Waals surface area (Å²) in [5.74, 6) is -1.27. The van der Waals surface area contributed by atoms with Crippen molar-refractivity contribution < 1.29 is 19.1 Å². The van der Waals surface area contributed by atoms with E-state index in [1.165, 1.54) is 0 Å². The number of allylic oxidation sites excluding steroid dienone is 3. The third kappa shape index (κ3) is 7.89. The molecule has 0 spiro atoms. The molecule has 0 saturated carbocycles. The minimum Gasteiger partial charge on any atom is -0.465 e. The fourth-order valence-corrected chi connectivity index (χ4v) is 2.88. The lowest BCUT2D eigenvalue weighted by molar-refractivity contribution is -0.151. The van der Waals surface area contributed by atoms with Crippen molar-refractivity contribution in [2.24, 2.45) is 11.3 Å². The highest BCUT2D eigenvalue weighted by Gasteiger charge is 2.35. The Morgan fingerprint density at radius 3 is 2.24 bits per heavy atom. The molecule has 0 amide bonds. The van der Waals surface area contributed by atoms with Crippen LogP contribution in [-0.4, -0.2) is 25.2 Å². The quantitative estimate of drug-likeness (QED) is 0.412. The van der Waals surface area contributed by atoms with Crippen molar-refractivity contribution in [3.8, 4) is 0 Å². The first-order chi connectivity index (χ1) is 11.9.